The average Bonchev–Trinajstić information content (AvgIpc) is 3.28. The summed E-state index contributed by atoms with van der Waals surface area (Å²) in [5.74, 6) is -0.769. The van der Waals surface area contributed by atoms with Gasteiger partial charge in [-0.25, -0.2) is 0 Å². The van der Waals surface area contributed by atoms with Gasteiger partial charge in [0.15, 0.2) is 0 Å². The van der Waals surface area contributed by atoms with Crippen molar-refractivity contribution in [2.75, 3.05) is 13.2 Å². The molecule has 1 aromatic rings. The van der Waals surface area contributed by atoms with Crippen LogP contribution in [0.4, 0.5) is 0 Å². The lowest BCUT2D eigenvalue weighted by Gasteiger charge is -2.17. The van der Waals surface area contributed by atoms with E-state index in [1.807, 2.05) is 24.3 Å². The number of ether oxygens (including phenoxy) is 2. The fourth-order valence-corrected chi connectivity index (χ4v) is 3.84. The molecule has 112 valence electrons. The van der Waals surface area contributed by atoms with Gasteiger partial charge in [0.2, 0.25) is 0 Å². The van der Waals surface area contributed by atoms with Crippen LogP contribution in [0.25, 0.3) is 0 Å². The van der Waals surface area contributed by atoms with E-state index in [1.165, 1.54) is 0 Å². The van der Waals surface area contributed by atoms with Crippen molar-refractivity contribution in [2.24, 2.45) is 17.8 Å². The molecule has 5 heteroatoms. The van der Waals surface area contributed by atoms with Crippen LogP contribution in [-0.2, 0) is 24.5 Å². The minimum absolute atomic E-state index is 0.0387. The van der Waals surface area contributed by atoms with E-state index in [9.17, 15) is 9.59 Å². The molecule has 2 atom stereocenters. The summed E-state index contributed by atoms with van der Waals surface area (Å²) in [5.41, 5.74) is 0.631. The van der Waals surface area contributed by atoms with E-state index in [1.54, 1.807) is 13.8 Å². The van der Waals surface area contributed by atoms with Gasteiger partial charge in [-0.2, -0.15) is 0 Å². The Balaban J connectivity index is 1.85. The number of carbonyl (C=O) groups excluding carboxylic acids is 2. The van der Waals surface area contributed by atoms with Crippen molar-refractivity contribution in [1.82, 2.24) is 0 Å². The van der Waals surface area contributed by atoms with Crippen molar-refractivity contribution < 1.29 is 19.1 Å². The molecule has 0 radical (unpaired) electrons. The van der Waals surface area contributed by atoms with E-state index >= 15 is 0 Å². The molecule has 0 amide bonds. The summed E-state index contributed by atoms with van der Waals surface area (Å²) < 4.78 is 11.2. The maximum Gasteiger partial charge on any atom is 0.310 e. The first kappa shape index (κ1) is 14.6. The summed E-state index contributed by atoms with van der Waals surface area (Å²) in [7, 11) is 0. The fourth-order valence-electron chi connectivity index (χ4n) is 3.57. The zero-order valence-electron chi connectivity index (χ0n) is 12.0. The Hall–Kier alpha value is -1.36. The average molecular weight is 353 g/mol. The lowest BCUT2D eigenvalue weighted by Crippen LogP contribution is -2.28. The Morgan fingerprint density at radius 2 is 1.52 bits per heavy atom. The van der Waals surface area contributed by atoms with E-state index in [2.05, 4.69) is 15.9 Å². The third-order valence-corrected chi connectivity index (χ3v) is 5.03. The van der Waals surface area contributed by atoms with Crippen LogP contribution >= 0.6 is 15.9 Å². The van der Waals surface area contributed by atoms with Crippen molar-refractivity contribution in [3.8, 4) is 0 Å². The first-order valence-corrected chi connectivity index (χ1v) is 7.97. The van der Waals surface area contributed by atoms with Crippen LogP contribution in [0.1, 0.15) is 19.4 Å². The molecule has 0 spiro atoms. The molecule has 1 aromatic carbocycles. The van der Waals surface area contributed by atoms with Gasteiger partial charge in [0, 0.05) is 9.89 Å². The van der Waals surface area contributed by atoms with Crippen molar-refractivity contribution in [2.45, 2.75) is 19.3 Å². The summed E-state index contributed by atoms with van der Waals surface area (Å²) >= 11 is 3.40. The van der Waals surface area contributed by atoms with Gasteiger partial charge in [-0.05, 0) is 37.5 Å². The molecule has 2 aliphatic carbocycles. The molecule has 2 saturated carbocycles. The first-order valence-electron chi connectivity index (χ1n) is 7.18. The second-order valence-electron chi connectivity index (χ2n) is 5.43. The van der Waals surface area contributed by atoms with E-state index in [0.29, 0.717) is 13.2 Å². The van der Waals surface area contributed by atoms with Gasteiger partial charge in [-0.3, -0.25) is 9.59 Å². The zero-order valence-corrected chi connectivity index (χ0v) is 13.6. The number of halogens is 1. The number of hydrogen-bond acceptors (Lipinski definition) is 4. The van der Waals surface area contributed by atoms with Crippen LogP contribution in [0.3, 0.4) is 0 Å². The number of fused-ring (bicyclic) bond motifs is 1. The number of esters is 2. The van der Waals surface area contributed by atoms with E-state index in [-0.39, 0.29) is 35.1 Å². The van der Waals surface area contributed by atoms with E-state index in [0.717, 1.165) is 10.0 Å². The molecule has 0 aromatic heterocycles. The number of benzene rings is 1. The summed E-state index contributed by atoms with van der Waals surface area (Å²) in [5, 5.41) is 0. The Morgan fingerprint density at radius 1 is 1.05 bits per heavy atom. The molecule has 0 unspecified atom stereocenters. The molecule has 2 aliphatic rings. The molecule has 0 bridgehead atoms. The van der Waals surface area contributed by atoms with Crippen LogP contribution in [-0.4, -0.2) is 25.2 Å². The Bertz CT molecular complexity index is 554. The van der Waals surface area contributed by atoms with Gasteiger partial charge in [-0.15, -0.1) is 0 Å². The normalized spacial score (nSPS) is 32.0. The number of rotatable bonds is 5. The van der Waals surface area contributed by atoms with Gasteiger partial charge in [0.25, 0.3) is 0 Å². The van der Waals surface area contributed by atoms with Crippen LogP contribution in [0.2, 0.25) is 0 Å². The van der Waals surface area contributed by atoms with Crippen molar-refractivity contribution in [3.05, 3.63) is 34.3 Å². The van der Waals surface area contributed by atoms with Gasteiger partial charge in [0.05, 0.1) is 25.0 Å². The predicted octanol–water partition coefficient (Wildman–Crippen LogP) is 2.69. The second kappa shape index (κ2) is 5.13. The van der Waals surface area contributed by atoms with E-state index in [4.69, 9.17) is 9.47 Å². The third kappa shape index (κ3) is 2.01. The summed E-state index contributed by atoms with van der Waals surface area (Å²) in [6.07, 6.45) is 0. The Kier molecular flexibility index (Phi) is 3.56. The molecule has 0 heterocycles. The minimum Gasteiger partial charge on any atom is -0.466 e. The smallest absolute Gasteiger partial charge is 0.310 e. The lowest BCUT2D eigenvalue weighted by atomic mass is 9.90. The topological polar surface area (TPSA) is 52.6 Å². The Labute approximate surface area is 131 Å². The van der Waals surface area contributed by atoms with Crippen LogP contribution in [0, 0.1) is 17.8 Å². The largest absolute Gasteiger partial charge is 0.466 e. The van der Waals surface area contributed by atoms with Crippen molar-refractivity contribution in [3.63, 3.8) is 0 Å². The maximum atomic E-state index is 12.0. The quantitative estimate of drug-likeness (QED) is 0.764. The van der Waals surface area contributed by atoms with E-state index < -0.39 is 0 Å². The first-order chi connectivity index (χ1) is 10.1. The summed E-state index contributed by atoms with van der Waals surface area (Å²) in [6, 6.07) is 7.80. The lowest BCUT2D eigenvalue weighted by molar-refractivity contribution is -0.151. The van der Waals surface area contributed by atoms with Gasteiger partial charge < -0.3 is 9.47 Å². The molecule has 0 N–H and O–H groups in total. The number of hydrogen-bond donors (Lipinski definition) is 0. The van der Waals surface area contributed by atoms with Gasteiger partial charge in [-0.1, -0.05) is 28.1 Å². The standard InChI is InChI=1S/C16H17BrO4/c1-3-20-14(18)12-11-13(15(19)21-4-2)16(11,12)9-5-7-10(17)8-6-9/h5-8,11-13H,3-4H2,1-2H3/t11?,12-,13-,16?/m0/s1. The van der Waals surface area contributed by atoms with Gasteiger partial charge >= 0.3 is 11.9 Å². The SMILES string of the molecule is CCOC(=O)[C@@H]1C2[C@@H](C(=O)OCC)C21c1ccc(Br)cc1. The highest BCUT2D eigenvalue weighted by Crippen LogP contribution is 2.84. The van der Waals surface area contributed by atoms with Crippen LogP contribution < -0.4 is 0 Å². The minimum atomic E-state index is -0.390. The van der Waals surface area contributed by atoms with Crippen LogP contribution in [0.5, 0.6) is 0 Å². The van der Waals surface area contributed by atoms with Crippen LogP contribution in [0.15, 0.2) is 28.7 Å². The molecular weight excluding hydrogens is 336 g/mol. The molecule has 2 fully saturated rings. The molecule has 0 saturated heterocycles. The molecule has 0 aliphatic heterocycles. The van der Waals surface area contributed by atoms with Gasteiger partial charge in [0.1, 0.15) is 0 Å². The summed E-state index contributed by atoms with van der Waals surface area (Å²) in [4.78, 5) is 24.1. The molecular formula is C16H17BrO4. The highest BCUT2D eigenvalue weighted by molar-refractivity contribution is 9.10. The molecule has 4 nitrogen and oxygen atoms in total. The molecule has 3 rings (SSSR count). The Morgan fingerprint density at radius 3 is 1.95 bits per heavy atom. The number of carbonyl (C=O) groups is 2. The third-order valence-electron chi connectivity index (χ3n) is 4.51. The second-order valence-corrected chi connectivity index (χ2v) is 6.34. The molecule has 21 heavy (non-hydrogen) atoms. The summed E-state index contributed by atoms with van der Waals surface area (Å²) in [6.45, 7) is 4.31. The monoisotopic (exact) mass is 352 g/mol. The fraction of sp³-hybridized carbons (Fsp3) is 0.500. The highest BCUT2D eigenvalue weighted by Gasteiger charge is 2.92. The highest BCUT2D eigenvalue weighted by atomic mass is 79.9. The van der Waals surface area contributed by atoms with Crippen molar-refractivity contribution in [1.29, 1.82) is 0 Å². The maximum absolute atomic E-state index is 12.0. The predicted molar refractivity (Wildman–Crippen MR) is 79.6 cm³/mol. The van der Waals surface area contributed by atoms with Crippen molar-refractivity contribution >= 4 is 27.9 Å². The zero-order chi connectivity index (χ0) is 15.2.